The van der Waals surface area contributed by atoms with Gasteiger partial charge >= 0.3 is 5.97 Å². The molecule has 0 bridgehead atoms. The Hall–Kier alpha value is -1.32. The van der Waals surface area contributed by atoms with Gasteiger partial charge in [-0.1, -0.05) is 0 Å². The van der Waals surface area contributed by atoms with E-state index in [2.05, 4.69) is 0 Å². The van der Waals surface area contributed by atoms with Crippen LogP contribution in [0.1, 0.15) is 0 Å². The van der Waals surface area contributed by atoms with Crippen LogP contribution < -0.4 is 0 Å². The molecule has 0 unspecified atom stereocenters. The van der Waals surface area contributed by atoms with Gasteiger partial charge in [0.2, 0.25) is 0 Å². The van der Waals surface area contributed by atoms with Crippen molar-refractivity contribution < 1.29 is 19.8 Å². The predicted octanol–water partition coefficient (Wildman–Crippen LogP) is -0.288. The SMILES string of the molecule is O=C/C(O)=C/C(=O)O. The molecule has 0 atom stereocenters. The first-order valence-electron chi connectivity index (χ1n) is 1.75. The Morgan fingerprint density at radius 2 is 1.88 bits per heavy atom. The van der Waals surface area contributed by atoms with Crippen LogP contribution in [0.15, 0.2) is 11.8 Å². The van der Waals surface area contributed by atoms with Gasteiger partial charge in [-0.25, -0.2) is 4.79 Å². The molecule has 4 heteroatoms. The van der Waals surface area contributed by atoms with E-state index in [1.165, 1.54) is 0 Å². The Labute approximate surface area is 45.1 Å². The number of aliphatic hydroxyl groups excluding tert-OH is 1. The highest BCUT2D eigenvalue weighted by Crippen LogP contribution is 1.78. The minimum atomic E-state index is -1.34. The molecule has 0 amide bonds. The molecule has 2 N–H and O–H groups in total. The molecule has 0 heterocycles. The summed E-state index contributed by atoms with van der Waals surface area (Å²) in [6.07, 6.45) is 0.459. The maximum atomic E-state index is 9.57. The minimum absolute atomic E-state index is 0.0497. The fourth-order valence-corrected chi connectivity index (χ4v) is 0.161. The maximum absolute atomic E-state index is 9.57. The van der Waals surface area contributed by atoms with Crippen molar-refractivity contribution >= 4 is 12.3 Å². The number of carbonyl (C=O) groups is 2. The van der Waals surface area contributed by atoms with Crippen LogP contribution in [0.4, 0.5) is 0 Å². The topological polar surface area (TPSA) is 74.6 Å². The molecule has 4 nitrogen and oxygen atoms in total. The van der Waals surface area contributed by atoms with E-state index < -0.39 is 11.7 Å². The van der Waals surface area contributed by atoms with Gasteiger partial charge in [-0.3, -0.25) is 4.79 Å². The number of aldehydes is 1. The maximum Gasteiger partial charge on any atom is 0.332 e. The zero-order valence-corrected chi connectivity index (χ0v) is 3.87. The normalized spacial score (nSPS) is 10.8. The van der Waals surface area contributed by atoms with Crippen molar-refractivity contribution in [1.29, 1.82) is 0 Å². The highest BCUT2D eigenvalue weighted by atomic mass is 16.4. The second-order valence-electron chi connectivity index (χ2n) is 1.03. The van der Waals surface area contributed by atoms with Gasteiger partial charge < -0.3 is 10.2 Å². The van der Waals surface area contributed by atoms with Gasteiger partial charge in [0.1, 0.15) is 0 Å². The third kappa shape index (κ3) is 2.89. The van der Waals surface area contributed by atoms with Crippen LogP contribution in [0, 0.1) is 0 Å². The van der Waals surface area contributed by atoms with Crippen LogP contribution >= 0.6 is 0 Å². The van der Waals surface area contributed by atoms with E-state index in [1.54, 1.807) is 0 Å². The van der Waals surface area contributed by atoms with Crippen molar-refractivity contribution in [2.24, 2.45) is 0 Å². The molecular formula is C4H4O4. The van der Waals surface area contributed by atoms with Crippen molar-refractivity contribution in [3.8, 4) is 0 Å². The molecule has 0 rings (SSSR count). The summed E-state index contributed by atoms with van der Waals surface area (Å²) in [5.41, 5.74) is 0. The monoisotopic (exact) mass is 116 g/mol. The van der Waals surface area contributed by atoms with E-state index in [1.807, 2.05) is 0 Å². The number of aliphatic hydroxyl groups is 1. The average molecular weight is 116 g/mol. The summed E-state index contributed by atoms with van der Waals surface area (Å²) in [5.74, 6) is -2.12. The summed E-state index contributed by atoms with van der Waals surface area (Å²) in [6, 6.07) is 0. The van der Waals surface area contributed by atoms with Crippen molar-refractivity contribution in [2.45, 2.75) is 0 Å². The van der Waals surface area contributed by atoms with E-state index in [-0.39, 0.29) is 6.29 Å². The molecule has 0 fully saturated rings. The van der Waals surface area contributed by atoms with Crippen LogP contribution in [0.3, 0.4) is 0 Å². The fourth-order valence-electron chi connectivity index (χ4n) is 0.161. The number of carboxylic acids is 1. The third-order valence-corrected chi connectivity index (χ3v) is 0.392. The molecule has 0 aliphatic heterocycles. The standard InChI is InChI=1S/C4H4O4/c5-2-3(6)1-4(7)8/h1-2,6H,(H,7,8)/b3-1-. The molecule has 0 saturated heterocycles. The summed E-state index contributed by atoms with van der Waals surface area (Å²) < 4.78 is 0. The number of hydrogen-bond donors (Lipinski definition) is 2. The lowest BCUT2D eigenvalue weighted by molar-refractivity contribution is -0.131. The van der Waals surface area contributed by atoms with E-state index in [0.29, 0.717) is 6.08 Å². The fraction of sp³-hybridized carbons (Fsp3) is 0. The molecule has 0 spiro atoms. The Bertz CT molecular complexity index is 135. The van der Waals surface area contributed by atoms with Crippen molar-refractivity contribution in [3.05, 3.63) is 11.8 Å². The van der Waals surface area contributed by atoms with E-state index in [4.69, 9.17) is 10.2 Å². The summed E-state index contributed by atoms with van der Waals surface area (Å²) in [4.78, 5) is 19.0. The number of rotatable bonds is 2. The number of carboxylic acid groups (broad SMARTS) is 1. The Balaban J connectivity index is 3.94. The predicted molar refractivity (Wildman–Crippen MR) is 24.4 cm³/mol. The summed E-state index contributed by atoms with van der Waals surface area (Å²) in [7, 11) is 0. The molecule has 44 valence electrons. The number of carbonyl (C=O) groups excluding carboxylic acids is 1. The number of allylic oxidation sites excluding steroid dienone is 1. The Morgan fingerprint density at radius 3 is 2.00 bits per heavy atom. The first-order chi connectivity index (χ1) is 3.66. The molecule has 0 aliphatic carbocycles. The van der Waals surface area contributed by atoms with Crippen LogP contribution in [0.2, 0.25) is 0 Å². The molecule has 0 aromatic carbocycles. The number of aliphatic carboxylic acids is 1. The summed E-state index contributed by atoms with van der Waals surface area (Å²) in [6.45, 7) is 0. The molecule has 8 heavy (non-hydrogen) atoms. The van der Waals surface area contributed by atoms with Gasteiger partial charge in [0.15, 0.2) is 12.0 Å². The molecule has 0 aliphatic rings. The number of hydrogen-bond acceptors (Lipinski definition) is 3. The van der Waals surface area contributed by atoms with Gasteiger partial charge in [-0.05, 0) is 0 Å². The van der Waals surface area contributed by atoms with Crippen LogP contribution in [0.25, 0.3) is 0 Å². The van der Waals surface area contributed by atoms with Crippen LogP contribution in [0.5, 0.6) is 0 Å². The second-order valence-corrected chi connectivity index (χ2v) is 1.03. The summed E-state index contributed by atoms with van der Waals surface area (Å²) >= 11 is 0. The van der Waals surface area contributed by atoms with Gasteiger partial charge in [0, 0.05) is 0 Å². The van der Waals surface area contributed by atoms with Gasteiger partial charge in [-0.2, -0.15) is 0 Å². The van der Waals surface area contributed by atoms with Gasteiger partial charge in [0.25, 0.3) is 0 Å². The van der Waals surface area contributed by atoms with E-state index in [9.17, 15) is 9.59 Å². The highest BCUT2D eigenvalue weighted by Gasteiger charge is 1.91. The first-order valence-corrected chi connectivity index (χ1v) is 1.75. The molecule has 0 aromatic rings. The Kier molecular flexibility index (Phi) is 2.33. The third-order valence-electron chi connectivity index (χ3n) is 0.392. The first kappa shape index (κ1) is 6.68. The van der Waals surface area contributed by atoms with Gasteiger partial charge in [-0.15, -0.1) is 0 Å². The van der Waals surface area contributed by atoms with Crippen molar-refractivity contribution in [2.75, 3.05) is 0 Å². The lowest BCUT2D eigenvalue weighted by Crippen LogP contribution is -1.91. The van der Waals surface area contributed by atoms with Crippen LogP contribution in [-0.4, -0.2) is 22.5 Å². The van der Waals surface area contributed by atoms with E-state index in [0.717, 1.165) is 0 Å². The van der Waals surface area contributed by atoms with Crippen LogP contribution in [-0.2, 0) is 9.59 Å². The zero-order chi connectivity index (χ0) is 6.57. The molecule has 0 aromatic heterocycles. The minimum Gasteiger partial charge on any atom is -0.504 e. The van der Waals surface area contributed by atoms with Gasteiger partial charge in [0.05, 0.1) is 6.08 Å². The molecule has 0 radical (unpaired) electrons. The second kappa shape index (κ2) is 2.79. The van der Waals surface area contributed by atoms with Crippen molar-refractivity contribution in [1.82, 2.24) is 0 Å². The zero-order valence-electron chi connectivity index (χ0n) is 3.87. The largest absolute Gasteiger partial charge is 0.504 e. The average Bonchev–Trinajstić information content (AvgIpc) is 1.65. The lowest BCUT2D eigenvalue weighted by atomic mass is 10.5. The summed E-state index contributed by atoms with van der Waals surface area (Å²) in [5, 5.41) is 16.0. The molecule has 0 saturated carbocycles. The smallest absolute Gasteiger partial charge is 0.332 e. The highest BCUT2D eigenvalue weighted by molar-refractivity contribution is 5.86. The van der Waals surface area contributed by atoms with E-state index >= 15 is 0 Å². The quantitative estimate of drug-likeness (QED) is 0.295. The Morgan fingerprint density at radius 1 is 1.38 bits per heavy atom. The van der Waals surface area contributed by atoms with Crippen molar-refractivity contribution in [3.63, 3.8) is 0 Å². The lowest BCUT2D eigenvalue weighted by Gasteiger charge is -1.79. The molecular weight excluding hydrogens is 112 g/mol.